The van der Waals surface area contributed by atoms with Crippen LogP contribution in [0.5, 0.6) is 11.5 Å². The number of hydrogen-bond donors (Lipinski definition) is 1. The van der Waals surface area contributed by atoms with Crippen LogP contribution in [0.2, 0.25) is 0 Å². The van der Waals surface area contributed by atoms with Crippen LogP contribution in [-0.2, 0) is 15.6 Å². The van der Waals surface area contributed by atoms with Crippen LogP contribution in [0.15, 0.2) is 97.1 Å². The van der Waals surface area contributed by atoms with Gasteiger partial charge in [0, 0.05) is 33.9 Å². The van der Waals surface area contributed by atoms with Crippen LogP contribution in [-0.4, -0.2) is 34.1 Å². The summed E-state index contributed by atoms with van der Waals surface area (Å²) in [4.78, 5) is 25.0. The molecule has 0 aliphatic heterocycles. The first-order valence-corrected chi connectivity index (χ1v) is 14.6. The summed E-state index contributed by atoms with van der Waals surface area (Å²) in [5, 5.41) is 14.2. The summed E-state index contributed by atoms with van der Waals surface area (Å²) in [7, 11) is -1.19. The van der Waals surface area contributed by atoms with E-state index in [-0.39, 0.29) is 31.0 Å². The number of carbonyl (C=O) groups is 2. The van der Waals surface area contributed by atoms with Gasteiger partial charge in [0.05, 0.1) is 12.0 Å². The first-order chi connectivity index (χ1) is 19.3. The third-order valence-corrected chi connectivity index (χ3v) is 7.16. The van der Waals surface area contributed by atoms with Gasteiger partial charge in [-0.15, -0.1) is 0 Å². The van der Waals surface area contributed by atoms with Gasteiger partial charge in [-0.25, -0.2) is 0 Å². The molecule has 204 valence electrons. The van der Waals surface area contributed by atoms with Crippen LogP contribution in [0.1, 0.15) is 33.5 Å². The number of hydrogen-bond acceptors (Lipinski definition) is 5. The van der Waals surface area contributed by atoms with Gasteiger partial charge in [-0.1, -0.05) is 78.9 Å². The molecule has 0 heterocycles. The molecule has 8 heteroatoms. The van der Waals surface area contributed by atoms with Crippen molar-refractivity contribution in [1.82, 2.24) is 5.32 Å². The van der Waals surface area contributed by atoms with Gasteiger partial charge in [-0.05, 0) is 65.9 Å². The molecule has 1 N–H and O–H groups in total. The molecular formula is C33H30LiNO5S. The topological polar surface area (TPSA) is 95.5 Å². The Kier molecular flexibility index (Phi) is 11.7. The summed E-state index contributed by atoms with van der Waals surface area (Å²) in [5.41, 5.74) is 4.57. The molecule has 1 amide bonds. The molecule has 4 aromatic carbocycles. The minimum Gasteiger partial charge on any atom is -0.548 e. The van der Waals surface area contributed by atoms with Gasteiger partial charge in [0.1, 0.15) is 11.5 Å². The van der Waals surface area contributed by atoms with E-state index in [0.29, 0.717) is 16.9 Å². The molecule has 2 atom stereocenters. The summed E-state index contributed by atoms with van der Waals surface area (Å²) in [5.74, 6) is -0.358. The largest absolute Gasteiger partial charge is 1.00 e. The van der Waals surface area contributed by atoms with E-state index >= 15 is 0 Å². The second-order valence-corrected chi connectivity index (χ2v) is 10.9. The average molecular weight is 560 g/mol. The van der Waals surface area contributed by atoms with Crippen LogP contribution in [0.4, 0.5) is 0 Å². The molecule has 6 nitrogen and oxygen atoms in total. The second kappa shape index (κ2) is 15.2. The van der Waals surface area contributed by atoms with Crippen molar-refractivity contribution in [2.45, 2.75) is 19.4 Å². The number of carbonyl (C=O) groups excluding carboxylic acids is 2. The van der Waals surface area contributed by atoms with Crippen molar-refractivity contribution in [3.05, 3.63) is 119 Å². The van der Waals surface area contributed by atoms with Gasteiger partial charge < -0.3 is 20.0 Å². The number of carboxylic acid groups (broad SMARTS) is 1. The van der Waals surface area contributed by atoms with Crippen molar-refractivity contribution < 1.29 is 42.5 Å². The van der Waals surface area contributed by atoms with Crippen LogP contribution in [0.25, 0.3) is 23.3 Å². The predicted molar refractivity (Wildman–Crippen MR) is 158 cm³/mol. The zero-order chi connectivity index (χ0) is 28.5. The monoisotopic (exact) mass is 559 g/mol. The van der Waals surface area contributed by atoms with Crippen molar-refractivity contribution in [1.29, 1.82) is 0 Å². The first-order valence-electron chi connectivity index (χ1n) is 12.8. The molecule has 0 bridgehead atoms. The first kappa shape index (κ1) is 31.6. The Hall–Kier alpha value is -3.89. The van der Waals surface area contributed by atoms with Crippen molar-refractivity contribution in [2.24, 2.45) is 0 Å². The third-order valence-electron chi connectivity index (χ3n) is 6.35. The maximum atomic E-state index is 13.3. The fraction of sp³-hybridized carbons (Fsp3) is 0.152. The number of aryl methyl sites for hydroxylation is 1. The van der Waals surface area contributed by atoms with Crippen molar-refractivity contribution >= 4 is 34.8 Å². The number of aliphatic carboxylic acids is 1. The van der Waals surface area contributed by atoms with Gasteiger partial charge in [-0.3, -0.25) is 9.00 Å². The van der Waals surface area contributed by atoms with E-state index in [2.05, 4.69) is 5.32 Å². The smallest absolute Gasteiger partial charge is 0.548 e. The van der Waals surface area contributed by atoms with Crippen molar-refractivity contribution in [3.63, 3.8) is 0 Å². The molecule has 41 heavy (non-hydrogen) atoms. The SMILES string of the molecule is Cc1ccccc1-c1cc(C=Cc2ccccc2Oc2ccccc2)ccc1C(=O)NC(CCS(C)=O)C(=O)[O-].[Li+]. The van der Waals surface area contributed by atoms with Gasteiger partial charge in [0.25, 0.3) is 5.91 Å². The number of para-hydroxylation sites is 2. The fourth-order valence-corrected chi connectivity index (χ4v) is 4.81. The number of amides is 1. The number of carboxylic acids is 1. The molecule has 0 aliphatic rings. The minimum absolute atomic E-state index is 0. The molecular weight excluding hydrogens is 529 g/mol. The summed E-state index contributed by atoms with van der Waals surface area (Å²) < 4.78 is 17.6. The number of nitrogens with one attached hydrogen (secondary N) is 1. The van der Waals surface area contributed by atoms with Gasteiger partial charge in [0.15, 0.2) is 0 Å². The van der Waals surface area contributed by atoms with E-state index in [9.17, 15) is 18.9 Å². The van der Waals surface area contributed by atoms with Crippen LogP contribution < -0.4 is 34.0 Å². The van der Waals surface area contributed by atoms with E-state index in [4.69, 9.17) is 4.74 Å². The van der Waals surface area contributed by atoms with Crippen LogP contribution in [0.3, 0.4) is 0 Å². The zero-order valence-corrected chi connectivity index (χ0v) is 24.1. The summed E-state index contributed by atoms with van der Waals surface area (Å²) in [6, 6.07) is 29.1. The number of rotatable bonds is 11. The number of benzene rings is 4. The standard InChI is InChI=1S/C33H31NO5S.Li/c1-23-10-6-8-14-27(23)29-22-24(17-19-28(29)32(35)34-30(33(36)37)20-21-40(2)38)16-18-25-11-7-9-15-31(25)39-26-12-4-3-5-13-26;/h3-19,22,30H,20-21H2,1-2H3,(H,34,35)(H,36,37);/q;+1/p-1. The maximum absolute atomic E-state index is 13.3. The molecule has 0 aromatic heterocycles. The molecule has 2 unspecified atom stereocenters. The van der Waals surface area contributed by atoms with Gasteiger partial charge in [0.2, 0.25) is 0 Å². The van der Waals surface area contributed by atoms with E-state index in [1.807, 2.05) is 110 Å². The molecule has 0 aliphatic carbocycles. The maximum Gasteiger partial charge on any atom is 1.00 e. The Bertz CT molecular complexity index is 1550. The predicted octanol–water partition coefficient (Wildman–Crippen LogP) is 2.25. The second-order valence-electron chi connectivity index (χ2n) is 9.32. The Morgan fingerprint density at radius 3 is 2.29 bits per heavy atom. The molecule has 0 saturated heterocycles. The van der Waals surface area contributed by atoms with E-state index in [0.717, 1.165) is 28.0 Å². The van der Waals surface area contributed by atoms with Crippen molar-refractivity contribution in [2.75, 3.05) is 12.0 Å². The minimum atomic E-state index is -1.41. The van der Waals surface area contributed by atoms with E-state index in [1.54, 1.807) is 6.07 Å². The van der Waals surface area contributed by atoms with E-state index < -0.39 is 28.7 Å². The third kappa shape index (κ3) is 8.80. The molecule has 0 fully saturated rings. The van der Waals surface area contributed by atoms with Crippen molar-refractivity contribution in [3.8, 4) is 22.6 Å². The van der Waals surface area contributed by atoms with Gasteiger partial charge >= 0.3 is 18.9 Å². The molecule has 0 spiro atoms. The molecule has 0 radical (unpaired) electrons. The Labute approximate surface area is 255 Å². The Balaban J connectivity index is 0.00000462. The average Bonchev–Trinajstić information content (AvgIpc) is 2.95. The van der Waals surface area contributed by atoms with Crippen LogP contribution >= 0.6 is 0 Å². The fourth-order valence-electron chi connectivity index (χ4n) is 4.24. The summed E-state index contributed by atoms with van der Waals surface area (Å²) >= 11 is 0. The summed E-state index contributed by atoms with van der Waals surface area (Å²) in [6.07, 6.45) is 5.40. The zero-order valence-electron chi connectivity index (χ0n) is 23.3. The quantitative estimate of drug-likeness (QED) is 0.225. The summed E-state index contributed by atoms with van der Waals surface area (Å²) in [6.45, 7) is 1.96. The van der Waals surface area contributed by atoms with Gasteiger partial charge in [-0.2, -0.15) is 0 Å². The number of ether oxygens (including phenoxy) is 1. The molecule has 0 saturated carbocycles. The Morgan fingerprint density at radius 2 is 1.59 bits per heavy atom. The van der Waals surface area contributed by atoms with Crippen LogP contribution in [0, 0.1) is 6.92 Å². The normalized spacial score (nSPS) is 12.2. The molecule has 4 aromatic rings. The van der Waals surface area contributed by atoms with E-state index in [1.165, 1.54) is 6.26 Å². The molecule has 4 rings (SSSR count). The Morgan fingerprint density at radius 1 is 0.902 bits per heavy atom.